The summed E-state index contributed by atoms with van der Waals surface area (Å²) in [6.45, 7) is 0.162. The molecule has 1 N–H and O–H groups in total. The van der Waals surface area contributed by atoms with E-state index in [2.05, 4.69) is 14.6 Å². The number of rotatable bonds is 5. The molecule has 0 aromatic heterocycles. The molecule has 0 aliphatic heterocycles. The quantitative estimate of drug-likeness (QED) is 0.209. The zero-order valence-electron chi connectivity index (χ0n) is 7.44. The minimum absolute atomic E-state index is 0.0228. The number of nitrogens with zero attached hydrogens (tertiary/aromatic N) is 1. The first-order valence-corrected chi connectivity index (χ1v) is 3.49. The summed E-state index contributed by atoms with van der Waals surface area (Å²) in [6, 6.07) is 0. The van der Waals surface area contributed by atoms with Gasteiger partial charge in [0, 0.05) is 13.5 Å². The Morgan fingerprint density at radius 2 is 2.00 bits per heavy atom. The third kappa shape index (κ3) is 3.66. The van der Waals surface area contributed by atoms with E-state index in [1.165, 1.54) is 7.11 Å². The highest BCUT2D eigenvalue weighted by Crippen LogP contribution is 1.91. The summed E-state index contributed by atoms with van der Waals surface area (Å²) in [4.78, 5) is 21.8. The maximum atomic E-state index is 11.1. The van der Waals surface area contributed by atoms with Crippen LogP contribution in [0, 0.1) is 0 Å². The van der Waals surface area contributed by atoms with Crippen molar-refractivity contribution in [3.8, 4) is 0 Å². The molecule has 0 aromatic rings. The minimum atomic E-state index is -0.955. The molecule has 0 saturated carbocycles. The van der Waals surface area contributed by atoms with Gasteiger partial charge in [0.05, 0.1) is 13.7 Å². The summed E-state index contributed by atoms with van der Waals surface area (Å²) in [5.74, 6) is -1.57. The van der Waals surface area contributed by atoms with Crippen LogP contribution in [0.25, 0.3) is 0 Å². The molecule has 0 spiro atoms. The summed E-state index contributed by atoms with van der Waals surface area (Å²) >= 11 is 0. The normalized spacial score (nSPS) is 11.1. The van der Waals surface area contributed by atoms with Crippen molar-refractivity contribution in [2.24, 2.45) is 5.16 Å². The Bertz CT molecular complexity index is 223. The summed E-state index contributed by atoms with van der Waals surface area (Å²) in [6.07, 6.45) is -0.0228. The van der Waals surface area contributed by atoms with E-state index in [1.54, 1.807) is 0 Å². The minimum Gasteiger partial charge on any atom is -0.464 e. The maximum Gasteiger partial charge on any atom is 0.363 e. The molecule has 74 valence electrons. The van der Waals surface area contributed by atoms with E-state index in [1.807, 2.05) is 0 Å². The van der Waals surface area contributed by atoms with Crippen LogP contribution in [-0.2, 0) is 19.1 Å². The monoisotopic (exact) mass is 189 g/mol. The summed E-state index contributed by atoms with van der Waals surface area (Å²) in [7, 11) is 2.51. The molecule has 0 aromatic carbocycles. The lowest BCUT2D eigenvalue weighted by atomic mass is 10.2. The maximum absolute atomic E-state index is 11.1. The molecule has 0 fully saturated rings. The number of methoxy groups -OCH3 is 2. The number of ether oxygens (including phenoxy) is 2. The smallest absolute Gasteiger partial charge is 0.363 e. The molecule has 6 heteroatoms. The van der Waals surface area contributed by atoms with Crippen LogP contribution in [0.2, 0.25) is 0 Å². The second kappa shape index (κ2) is 6.13. The first kappa shape index (κ1) is 11.6. The van der Waals surface area contributed by atoms with Crippen LogP contribution in [0.15, 0.2) is 5.16 Å². The Morgan fingerprint density at radius 1 is 1.38 bits per heavy atom. The van der Waals surface area contributed by atoms with Gasteiger partial charge in [-0.2, -0.15) is 0 Å². The number of Topliss-reactive ketones (excluding diaryl/α,β-unsaturated/α-hetero) is 1. The van der Waals surface area contributed by atoms with Crippen molar-refractivity contribution in [3.05, 3.63) is 0 Å². The standard InChI is InChI=1S/C7H11NO5/c1-12-4-3-5(9)6(8-11)7(10)13-2/h11H,3-4H2,1-2H3. The van der Waals surface area contributed by atoms with Crippen LogP contribution in [0.3, 0.4) is 0 Å². The molecule has 0 heterocycles. The van der Waals surface area contributed by atoms with Gasteiger partial charge >= 0.3 is 5.97 Å². The molecule has 0 saturated heterocycles. The second-order valence-electron chi connectivity index (χ2n) is 2.11. The van der Waals surface area contributed by atoms with Gasteiger partial charge in [-0.15, -0.1) is 0 Å². The molecule has 0 aliphatic rings. The molecule has 0 rings (SSSR count). The molecule has 0 bridgehead atoms. The van der Waals surface area contributed by atoms with Gasteiger partial charge in [-0.25, -0.2) is 4.79 Å². The third-order valence-corrected chi connectivity index (χ3v) is 1.28. The number of carbonyl (C=O) groups is 2. The Hall–Kier alpha value is -1.43. The van der Waals surface area contributed by atoms with E-state index >= 15 is 0 Å². The van der Waals surface area contributed by atoms with Crippen LogP contribution >= 0.6 is 0 Å². The molecule has 0 unspecified atom stereocenters. The van der Waals surface area contributed by atoms with E-state index < -0.39 is 17.5 Å². The van der Waals surface area contributed by atoms with E-state index in [4.69, 9.17) is 5.21 Å². The first-order chi connectivity index (χ1) is 6.17. The topological polar surface area (TPSA) is 85.2 Å². The third-order valence-electron chi connectivity index (χ3n) is 1.28. The highest BCUT2D eigenvalue weighted by molar-refractivity contribution is 6.64. The van der Waals surface area contributed by atoms with E-state index in [-0.39, 0.29) is 13.0 Å². The van der Waals surface area contributed by atoms with Crippen molar-refractivity contribution >= 4 is 17.5 Å². The van der Waals surface area contributed by atoms with E-state index in [0.29, 0.717) is 0 Å². The molecular weight excluding hydrogens is 178 g/mol. The first-order valence-electron chi connectivity index (χ1n) is 3.49. The predicted molar refractivity (Wildman–Crippen MR) is 42.7 cm³/mol. The van der Waals surface area contributed by atoms with Gasteiger partial charge in [0.15, 0.2) is 5.78 Å². The number of hydrogen-bond donors (Lipinski definition) is 1. The van der Waals surface area contributed by atoms with Crippen molar-refractivity contribution in [2.45, 2.75) is 6.42 Å². The fourth-order valence-corrected chi connectivity index (χ4v) is 0.620. The average Bonchev–Trinajstić information content (AvgIpc) is 2.15. The van der Waals surface area contributed by atoms with Crippen molar-refractivity contribution in [1.82, 2.24) is 0 Å². The zero-order valence-corrected chi connectivity index (χ0v) is 7.44. The van der Waals surface area contributed by atoms with Gasteiger partial charge in [-0.05, 0) is 0 Å². The van der Waals surface area contributed by atoms with Crippen molar-refractivity contribution in [2.75, 3.05) is 20.8 Å². The van der Waals surface area contributed by atoms with Crippen LogP contribution in [0.1, 0.15) is 6.42 Å². The molecule has 0 radical (unpaired) electrons. The average molecular weight is 189 g/mol. The fraction of sp³-hybridized carbons (Fsp3) is 0.571. The Balaban J connectivity index is 4.26. The lowest BCUT2D eigenvalue weighted by molar-refractivity contribution is -0.133. The summed E-state index contributed by atoms with van der Waals surface area (Å²) < 4.78 is 8.82. The number of oxime groups is 1. The van der Waals surface area contributed by atoms with Gasteiger partial charge in [0.1, 0.15) is 0 Å². The highest BCUT2D eigenvalue weighted by Gasteiger charge is 2.21. The Morgan fingerprint density at radius 3 is 2.38 bits per heavy atom. The van der Waals surface area contributed by atoms with Gasteiger partial charge in [-0.1, -0.05) is 5.16 Å². The molecular formula is C7H11NO5. The van der Waals surface area contributed by atoms with E-state index in [0.717, 1.165) is 7.11 Å². The molecule has 13 heavy (non-hydrogen) atoms. The summed E-state index contributed by atoms with van der Waals surface area (Å²) in [5, 5.41) is 10.9. The van der Waals surface area contributed by atoms with E-state index in [9.17, 15) is 9.59 Å². The number of carbonyl (C=O) groups excluding carboxylic acids is 2. The van der Waals surface area contributed by atoms with Gasteiger partial charge < -0.3 is 14.7 Å². The summed E-state index contributed by atoms with van der Waals surface area (Å²) in [5.41, 5.74) is -0.612. The van der Waals surface area contributed by atoms with Crippen molar-refractivity contribution in [3.63, 3.8) is 0 Å². The lowest BCUT2D eigenvalue weighted by Crippen LogP contribution is -2.26. The van der Waals surface area contributed by atoms with Crippen molar-refractivity contribution in [1.29, 1.82) is 0 Å². The molecule has 0 atom stereocenters. The second-order valence-corrected chi connectivity index (χ2v) is 2.11. The van der Waals surface area contributed by atoms with Crippen LogP contribution in [0.5, 0.6) is 0 Å². The highest BCUT2D eigenvalue weighted by atomic mass is 16.5. The van der Waals surface area contributed by atoms with Gasteiger partial charge in [0.2, 0.25) is 5.71 Å². The number of hydrogen-bond acceptors (Lipinski definition) is 6. The number of ketones is 1. The lowest BCUT2D eigenvalue weighted by Gasteiger charge is -2.00. The SMILES string of the molecule is COCCC(=O)C(=NO)C(=O)OC. The number of esters is 1. The zero-order chi connectivity index (χ0) is 10.3. The van der Waals surface area contributed by atoms with Crippen molar-refractivity contribution < 1.29 is 24.3 Å². The molecule has 6 nitrogen and oxygen atoms in total. The van der Waals surface area contributed by atoms with Crippen LogP contribution in [-0.4, -0.2) is 43.5 Å². The largest absolute Gasteiger partial charge is 0.464 e. The predicted octanol–water partition coefficient (Wildman–Crippen LogP) is -0.405. The molecule has 0 amide bonds. The van der Waals surface area contributed by atoms with Crippen LogP contribution < -0.4 is 0 Å². The Kier molecular flexibility index (Phi) is 5.45. The van der Waals surface area contributed by atoms with Gasteiger partial charge in [-0.3, -0.25) is 4.79 Å². The Labute approximate surface area is 75.1 Å². The van der Waals surface area contributed by atoms with Gasteiger partial charge in [0.25, 0.3) is 0 Å². The van der Waals surface area contributed by atoms with Crippen LogP contribution in [0.4, 0.5) is 0 Å². The fourth-order valence-electron chi connectivity index (χ4n) is 0.620. The molecule has 0 aliphatic carbocycles.